The topological polar surface area (TPSA) is 0 Å². The second kappa shape index (κ2) is 22.9. The van der Waals surface area contributed by atoms with Crippen molar-refractivity contribution in [2.75, 3.05) is 0 Å². The molecule has 0 aromatic carbocycles. The summed E-state index contributed by atoms with van der Waals surface area (Å²) >= 11 is 0. The molecule has 0 amide bonds. The smallest absolute Gasteiger partial charge is 0 e. The molecule has 5 unspecified atom stereocenters. The second-order valence-electron chi connectivity index (χ2n) is 13.1. The normalized spacial score (nSPS) is 26.8. The third-order valence-electron chi connectivity index (χ3n) is 9.78. The molecule has 0 saturated heterocycles. The molecule has 2 aliphatic carbocycles. The fourth-order valence-electron chi connectivity index (χ4n) is 7.36. The molecule has 1 heteroatoms. The largest absolute Gasteiger partial charge is 0.325 e. The van der Waals surface area contributed by atoms with E-state index in [0.29, 0.717) is 0 Å². The molecule has 2 aliphatic rings. The third-order valence-corrected chi connectivity index (χ3v) is 9.78. The van der Waals surface area contributed by atoms with Gasteiger partial charge in [-0.15, -0.1) is 0 Å². The Labute approximate surface area is 255 Å². The van der Waals surface area contributed by atoms with Gasteiger partial charge in [-0.25, -0.2) is 0 Å². The van der Waals surface area contributed by atoms with Crippen molar-refractivity contribution >= 4 is 0 Å². The summed E-state index contributed by atoms with van der Waals surface area (Å²) in [5.41, 5.74) is 0. The van der Waals surface area contributed by atoms with Gasteiger partial charge in [0, 0.05) is 32.7 Å². The van der Waals surface area contributed by atoms with E-state index in [9.17, 15) is 0 Å². The van der Waals surface area contributed by atoms with Crippen LogP contribution in [0.1, 0.15) is 182 Å². The number of unbranched alkanes of at least 4 members (excludes halogenated alkanes) is 14. The Morgan fingerprint density at radius 3 is 1.53 bits per heavy atom. The van der Waals surface area contributed by atoms with Crippen LogP contribution in [0.5, 0.6) is 0 Å². The van der Waals surface area contributed by atoms with Gasteiger partial charge in [-0.05, 0) is 5.92 Å². The van der Waals surface area contributed by atoms with Crippen molar-refractivity contribution in [3.63, 3.8) is 0 Å². The molecule has 0 aromatic heterocycles. The molecular weight excluding hydrogens is 509 g/mol. The van der Waals surface area contributed by atoms with E-state index in [1.54, 1.807) is 0 Å². The molecule has 5 atom stereocenters. The van der Waals surface area contributed by atoms with Crippen molar-refractivity contribution in [1.82, 2.24) is 0 Å². The van der Waals surface area contributed by atoms with Gasteiger partial charge in [-0.1, -0.05) is 174 Å². The summed E-state index contributed by atoms with van der Waals surface area (Å²) in [5.74, 6) is 6.77. The predicted octanol–water partition coefficient (Wildman–Crippen LogP) is 12.3. The van der Waals surface area contributed by atoms with Gasteiger partial charge in [0.25, 0.3) is 0 Å². The first kappa shape index (κ1) is 35.1. The van der Waals surface area contributed by atoms with Crippen LogP contribution in [0.4, 0.5) is 0 Å². The van der Waals surface area contributed by atoms with Crippen LogP contribution in [-0.4, -0.2) is 0 Å². The first-order chi connectivity index (χ1) is 17.2. The van der Waals surface area contributed by atoms with Crippen LogP contribution in [0, 0.1) is 41.9 Å². The van der Waals surface area contributed by atoms with E-state index < -0.39 is 0 Å². The average molecular weight is 576 g/mol. The van der Waals surface area contributed by atoms with Gasteiger partial charge < -0.3 is 12.3 Å². The molecule has 211 valence electrons. The minimum atomic E-state index is 0. The maximum atomic E-state index is 2.78. The minimum Gasteiger partial charge on any atom is -0.325 e. The molecule has 0 N–H and O–H groups in total. The molecule has 0 bridgehead atoms. The van der Waals surface area contributed by atoms with Gasteiger partial charge >= 0.3 is 0 Å². The van der Waals surface area contributed by atoms with E-state index in [1.165, 1.54) is 154 Å². The quantitative estimate of drug-likeness (QED) is 0.100. The number of hydrogen-bond donors (Lipinski definition) is 0. The first-order valence-corrected chi connectivity index (χ1v) is 16.8. The summed E-state index contributed by atoms with van der Waals surface area (Å²) < 4.78 is 0. The van der Waals surface area contributed by atoms with Crippen LogP contribution in [-0.2, 0) is 32.7 Å². The monoisotopic (exact) mass is 575 g/mol. The van der Waals surface area contributed by atoms with Gasteiger partial charge in [0.15, 0.2) is 0 Å². The average Bonchev–Trinajstić information content (AvgIpc) is 2.86. The molecular formula is C35H66Y-2. The van der Waals surface area contributed by atoms with Crippen molar-refractivity contribution in [3.8, 4) is 0 Å². The van der Waals surface area contributed by atoms with E-state index in [4.69, 9.17) is 0 Å². The van der Waals surface area contributed by atoms with Crippen molar-refractivity contribution in [1.29, 1.82) is 0 Å². The number of rotatable bonds is 20. The van der Waals surface area contributed by atoms with Crippen molar-refractivity contribution in [3.05, 3.63) is 12.3 Å². The molecule has 2 saturated carbocycles. The van der Waals surface area contributed by atoms with Crippen LogP contribution < -0.4 is 0 Å². The molecule has 0 aromatic rings. The van der Waals surface area contributed by atoms with E-state index in [2.05, 4.69) is 34.1 Å². The summed E-state index contributed by atoms with van der Waals surface area (Å²) in [5, 5.41) is 0. The van der Waals surface area contributed by atoms with Crippen molar-refractivity contribution in [2.45, 2.75) is 182 Å². The summed E-state index contributed by atoms with van der Waals surface area (Å²) in [4.78, 5) is 0. The summed E-state index contributed by atoms with van der Waals surface area (Å²) in [6.45, 7) is 9.68. The molecule has 0 aliphatic heterocycles. The fourth-order valence-corrected chi connectivity index (χ4v) is 7.36. The molecule has 0 heterocycles. The van der Waals surface area contributed by atoms with E-state index in [-0.39, 0.29) is 32.7 Å². The van der Waals surface area contributed by atoms with Gasteiger partial charge in [0.05, 0.1) is 0 Å². The van der Waals surface area contributed by atoms with Crippen molar-refractivity contribution < 1.29 is 32.7 Å². The number of hydrogen-bond acceptors (Lipinski definition) is 0. The Hall–Kier alpha value is 1.10. The second-order valence-corrected chi connectivity index (χ2v) is 13.1. The Morgan fingerprint density at radius 2 is 1.06 bits per heavy atom. The zero-order valence-electron chi connectivity index (χ0n) is 25.5. The zero-order valence-corrected chi connectivity index (χ0v) is 28.4. The van der Waals surface area contributed by atoms with Crippen LogP contribution in [0.25, 0.3) is 0 Å². The fraction of sp³-hybridized carbons (Fsp3) is 0.943. The Balaban J connectivity index is 0.00000648. The van der Waals surface area contributed by atoms with Crippen LogP contribution in [0.3, 0.4) is 0 Å². The SMILES string of the molecule is CCCCCCCCCC[C-](CCCCCCCCCC)C1CC(C)CCC1C1[CH-]CC(C)CC1.[Y]. The van der Waals surface area contributed by atoms with Crippen LogP contribution in [0.2, 0.25) is 0 Å². The maximum absolute atomic E-state index is 2.78. The maximum Gasteiger partial charge on any atom is 0 e. The van der Waals surface area contributed by atoms with E-state index in [0.717, 1.165) is 29.6 Å². The van der Waals surface area contributed by atoms with E-state index >= 15 is 0 Å². The van der Waals surface area contributed by atoms with Gasteiger partial charge in [-0.3, -0.25) is 0 Å². The molecule has 1 radical (unpaired) electrons. The zero-order chi connectivity index (χ0) is 25.1. The minimum absolute atomic E-state index is 0. The Kier molecular flexibility index (Phi) is 22.3. The molecule has 2 fully saturated rings. The standard InChI is InChI=1S/C35H66.Y/c1-5-7-9-11-13-15-17-19-21-32(22-20-18-16-14-12-10-8-6-2)35-29-31(4)25-28-34(35)33-26-23-30(3)24-27-33;/h26,30-31,33-35H,5-25,27-29H2,1-4H3;/q-2;. The summed E-state index contributed by atoms with van der Waals surface area (Å²) in [6, 6.07) is 0. The predicted molar refractivity (Wildman–Crippen MR) is 158 cm³/mol. The van der Waals surface area contributed by atoms with Gasteiger partial charge in [-0.2, -0.15) is 31.1 Å². The molecule has 0 nitrogen and oxygen atoms in total. The molecule has 2 rings (SSSR count). The Bertz CT molecular complexity index is 445. The molecule has 0 spiro atoms. The van der Waals surface area contributed by atoms with Crippen LogP contribution in [0.15, 0.2) is 0 Å². The summed E-state index contributed by atoms with van der Waals surface area (Å²) in [7, 11) is 0. The summed E-state index contributed by atoms with van der Waals surface area (Å²) in [6.07, 6.45) is 37.9. The van der Waals surface area contributed by atoms with Crippen LogP contribution >= 0.6 is 0 Å². The first-order valence-electron chi connectivity index (χ1n) is 16.8. The van der Waals surface area contributed by atoms with Crippen molar-refractivity contribution in [2.24, 2.45) is 29.6 Å². The van der Waals surface area contributed by atoms with E-state index in [1.807, 2.05) is 5.92 Å². The van der Waals surface area contributed by atoms with Gasteiger partial charge in [0.1, 0.15) is 0 Å². The van der Waals surface area contributed by atoms with Gasteiger partial charge in [0.2, 0.25) is 0 Å². The molecule has 36 heavy (non-hydrogen) atoms. The third kappa shape index (κ3) is 15.0. The Morgan fingerprint density at radius 1 is 0.583 bits per heavy atom.